The van der Waals surface area contributed by atoms with Crippen molar-refractivity contribution in [1.29, 1.82) is 0 Å². The molecule has 4 nitrogen and oxygen atoms in total. The van der Waals surface area contributed by atoms with Crippen molar-refractivity contribution in [3.8, 4) is 0 Å². The van der Waals surface area contributed by atoms with Gasteiger partial charge < -0.3 is 10.1 Å². The van der Waals surface area contributed by atoms with Gasteiger partial charge in [-0.15, -0.1) is 11.3 Å². The highest BCUT2D eigenvalue weighted by molar-refractivity contribution is 7.17. The molecule has 2 aliphatic rings. The summed E-state index contributed by atoms with van der Waals surface area (Å²) in [5, 5.41) is 3.76. The quantitative estimate of drug-likeness (QED) is 0.683. The van der Waals surface area contributed by atoms with Gasteiger partial charge in [0.25, 0.3) is 0 Å². The summed E-state index contributed by atoms with van der Waals surface area (Å²) in [5.74, 6) is 0.607. The lowest BCUT2D eigenvalue weighted by atomic mass is 9.88. The molecule has 148 valence electrons. The maximum Gasteiger partial charge on any atom is 0.341 e. The highest BCUT2D eigenvalue weighted by Gasteiger charge is 2.44. The summed E-state index contributed by atoms with van der Waals surface area (Å²) in [6, 6.07) is 10.2. The Morgan fingerprint density at radius 2 is 2.04 bits per heavy atom. The first-order valence-corrected chi connectivity index (χ1v) is 11.1. The van der Waals surface area contributed by atoms with E-state index in [4.69, 9.17) is 4.74 Å². The van der Waals surface area contributed by atoms with Gasteiger partial charge in [0.2, 0.25) is 5.91 Å². The van der Waals surface area contributed by atoms with Crippen molar-refractivity contribution in [1.82, 2.24) is 0 Å². The van der Waals surface area contributed by atoms with Gasteiger partial charge in [0.15, 0.2) is 0 Å². The highest BCUT2D eigenvalue weighted by atomic mass is 32.1. The largest absolute Gasteiger partial charge is 0.462 e. The SMILES string of the molecule is CCCOC(=O)c1c(NC(=O)C2CC2c2ccccc2)sc2c1CCC(C)C2. The first-order valence-electron chi connectivity index (χ1n) is 10.3. The van der Waals surface area contributed by atoms with Crippen LogP contribution in [-0.2, 0) is 22.4 Å². The number of thiophene rings is 1. The van der Waals surface area contributed by atoms with E-state index in [1.165, 1.54) is 10.4 Å². The monoisotopic (exact) mass is 397 g/mol. The smallest absolute Gasteiger partial charge is 0.341 e. The van der Waals surface area contributed by atoms with E-state index in [0.29, 0.717) is 23.1 Å². The molecule has 1 saturated carbocycles. The first kappa shape index (κ1) is 19.2. The standard InChI is InChI=1S/C23H27NO3S/c1-3-11-27-23(26)20-16-10-9-14(2)12-19(16)28-22(20)24-21(25)18-13-17(18)15-7-5-4-6-8-15/h4-8,14,17-18H,3,9-13H2,1-2H3,(H,24,25). The second-order valence-electron chi connectivity index (χ2n) is 8.04. The molecule has 2 aromatic rings. The summed E-state index contributed by atoms with van der Waals surface area (Å²) in [6.07, 6.45) is 4.59. The van der Waals surface area contributed by atoms with Crippen LogP contribution in [0.2, 0.25) is 0 Å². The highest BCUT2D eigenvalue weighted by Crippen LogP contribution is 2.48. The van der Waals surface area contributed by atoms with Gasteiger partial charge in [0, 0.05) is 10.8 Å². The van der Waals surface area contributed by atoms with E-state index in [0.717, 1.165) is 37.7 Å². The molecule has 1 amide bonds. The van der Waals surface area contributed by atoms with Gasteiger partial charge in [-0.05, 0) is 55.1 Å². The van der Waals surface area contributed by atoms with Crippen molar-refractivity contribution in [2.24, 2.45) is 11.8 Å². The van der Waals surface area contributed by atoms with Gasteiger partial charge in [-0.1, -0.05) is 44.2 Å². The van der Waals surface area contributed by atoms with Crippen LogP contribution >= 0.6 is 11.3 Å². The zero-order valence-electron chi connectivity index (χ0n) is 16.5. The van der Waals surface area contributed by atoms with Crippen LogP contribution in [0.4, 0.5) is 5.00 Å². The third-order valence-electron chi connectivity index (χ3n) is 5.74. The molecule has 0 saturated heterocycles. The lowest BCUT2D eigenvalue weighted by Crippen LogP contribution is -2.18. The average Bonchev–Trinajstić information content (AvgIpc) is 3.43. The van der Waals surface area contributed by atoms with Crippen molar-refractivity contribution in [3.63, 3.8) is 0 Å². The number of esters is 1. The average molecular weight is 398 g/mol. The fraction of sp³-hybridized carbons (Fsp3) is 0.478. The molecule has 1 aromatic carbocycles. The fourth-order valence-corrected chi connectivity index (χ4v) is 5.48. The van der Waals surface area contributed by atoms with Crippen molar-refractivity contribution in [2.75, 3.05) is 11.9 Å². The molecule has 0 aliphatic heterocycles. The lowest BCUT2D eigenvalue weighted by Gasteiger charge is -2.18. The number of carbonyl (C=O) groups is 2. The van der Waals surface area contributed by atoms with Crippen LogP contribution in [0.15, 0.2) is 30.3 Å². The fourth-order valence-electron chi connectivity index (χ4n) is 4.08. The van der Waals surface area contributed by atoms with Crippen LogP contribution in [0.5, 0.6) is 0 Å². The Labute approximate surface area is 170 Å². The summed E-state index contributed by atoms with van der Waals surface area (Å²) < 4.78 is 5.43. The molecule has 5 heteroatoms. The number of ether oxygens (including phenoxy) is 1. The molecule has 4 rings (SSSR count). The second kappa shape index (κ2) is 8.08. The number of amides is 1. The van der Waals surface area contributed by atoms with E-state index in [2.05, 4.69) is 24.4 Å². The van der Waals surface area contributed by atoms with E-state index in [-0.39, 0.29) is 23.7 Å². The van der Waals surface area contributed by atoms with Gasteiger partial charge in [-0.3, -0.25) is 4.79 Å². The van der Waals surface area contributed by atoms with Gasteiger partial charge >= 0.3 is 5.97 Å². The molecular weight excluding hydrogens is 370 g/mol. The molecule has 1 fully saturated rings. The lowest BCUT2D eigenvalue weighted by molar-refractivity contribution is -0.117. The number of fused-ring (bicyclic) bond motifs is 1. The second-order valence-corrected chi connectivity index (χ2v) is 9.15. The molecule has 3 atom stereocenters. The normalized spacial score (nSPS) is 23.0. The van der Waals surface area contributed by atoms with E-state index in [9.17, 15) is 9.59 Å². The molecule has 1 heterocycles. The zero-order chi connectivity index (χ0) is 19.7. The summed E-state index contributed by atoms with van der Waals surface area (Å²) in [6.45, 7) is 4.63. The maximum absolute atomic E-state index is 12.9. The molecule has 1 N–H and O–H groups in total. The van der Waals surface area contributed by atoms with Crippen LogP contribution in [0.3, 0.4) is 0 Å². The molecule has 3 unspecified atom stereocenters. The van der Waals surface area contributed by atoms with Crippen molar-refractivity contribution < 1.29 is 14.3 Å². The van der Waals surface area contributed by atoms with Gasteiger partial charge in [-0.2, -0.15) is 0 Å². The maximum atomic E-state index is 12.9. The van der Waals surface area contributed by atoms with Crippen LogP contribution in [0.25, 0.3) is 0 Å². The number of benzene rings is 1. The van der Waals surface area contributed by atoms with Crippen molar-refractivity contribution in [3.05, 3.63) is 51.9 Å². The van der Waals surface area contributed by atoms with Crippen LogP contribution in [0.1, 0.15) is 65.4 Å². The van der Waals surface area contributed by atoms with Crippen LogP contribution < -0.4 is 5.32 Å². The van der Waals surface area contributed by atoms with E-state index < -0.39 is 0 Å². The summed E-state index contributed by atoms with van der Waals surface area (Å²) >= 11 is 1.57. The Hall–Kier alpha value is -2.14. The van der Waals surface area contributed by atoms with Gasteiger partial charge in [0.1, 0.15) is 5.00 Å². The Morgan fingerprint density at radius 1 is 1.25 bits per heavy atom. The van der Waals surface area contributed by atoms with Crippen LogP contribution in [-0.4, -0.2) is 18.5 Å². The first-order chi connectivity index (χ1) is 13.6. The summed E-state index contributed by atoms with van der Waals surface area (Å²) in [5.41, 5.74) is 2.91. The molecule has 0 spiro atoms. The Morgan fingerprint density at radius 3 is 2.79 bits per heavy atom. The summed E-state index contributed by atoms with van der Waals surface area (Å²) in [7, 11) is 0. The minimum absolute atomic E-state index is 0.0139. The van der Waals surface area contributed by atoms with Crippen molar-refractivity contribution >= 4 is 28.2 Å². The van der Waals surface area contributed by atoms with E-state index >= 15 is 0 Å². The molecule has 0 bridgehead atoms. The number of anilines is 1. The Bertz CT molecular complexity index is 873. The third-order valence-corrected chi connectivity index (χ3v) is 6.91. The molecular formula is C23H27NO3S. The predicted molar refractivity (Wildman–Crippen MR) is 112 cm³/mol. The number of hydrogen-bond donors (Lipinski definition) is 1. The van der Waals surface area contributed by atoms with E-state index in [1.54, 1.807) is 11.3 Å². The summed E-state index contributed by atoms with van der Waals surface area (Å²) in [4.78, 5) is 26.8. The van der Waals surface area contributed by atoms with E-state index in [1.807, 2.05) is 25.1 Å². The molecule has 1 aromatic heterocycles. The van der Waals surface area contributed by atoms with Gasteiger partial charge in [0.05, 0.1) is 12.2 Å². The number of nitrogens with one attached hydrogen (secondary N) is 1. The minimum Gasteiger partial charge on any atom is -0.462 e. The molecule has 2 aliphatic carbocycles. The molecule has 28 heavy (non-hydrogen) atoms. The predicted octanol–water partition coefficient (Wildman–Crippen LogP) is 5.18. The Kier molecular flexibility index (Phi) is 5.54. The third kappa shape index (κ3) is 3.86. The number of hydrogen-bond acceptors (Lipinski definition) is 4. The molecule has 0 radical (unpaired) electrons. The zero-order valence-corrected chi connectivity index (χ0v) is 17.3. The van der Waals surface area contributed by atoms with Crippen LogP contribution in [0, 0.1) is 11.8 Å². The Balaban J connectivity index is 1.54. The topological polar surface area (TPSA) is 55.4 Å². The minimum atomic E-state index is -0.292. The number of rotatable bonds is 6. The van der Waals surface area contributed by atoms with Crippen molar-refractivity contribution in [2.45, 2.75) is 51.9 Å². The number of carbonyl (C=O) groups excluding carboxylic acids is 2. The van der Waals surface area contributed by atoms with Gasteiger partial charge in [-0.25, -0.2) is 4.79 Å².